The first kappa shape index (κ1) is 14.9. The summed E-state index contributed by atoms with van der Waals surface area (Å²) in [5.74, 6) is 0.242. The third-order valence-corrected chi connectivity index (χ3v) is 3.41. The van der Waals surface area contributed by atoms with Crippen molar-refractivity contribution in [3.63, 3.8) is 0 Å². The normalized spacial score (nSPS) is 12.2. The zero-order chi connectivity index (χ0) is 13.7. The molecule has 1 unspecified atom stereocenters. The highest BCUT2D eigenvalue weighted by Gasteiger charge is 2.12. The minimum Gasteiger partial charge on any atom is -0.389 e. The van der Waals surface area contributed by atoms with E-state index in [1.165, 1.54) is 6.07 Å². The lowest BCUT2D eigenvalue weighted by atomic mass is 10.1. The van der Waals surface area contributed by atoms with Gasteiger partial charge in [-0.25, -0.2) is 4.39 Å². The quantitative estimate of drug-likeness (QED) is 0.802. The number of rotatable bonds is 6. The Hall–Kier alpha value is -1.16. The van der Waals surface area contributed by atoms with Gasteiger partial charge in [0.15, 0.2) is 0 Å². The molecule has 0 aliphatic rings. The molecule has 0 saturated carbocycles. The third kappa shape index (κ3) is 3.67. The van der Waals surface area contributed by atoms with Crippen LogP contribution >= 0.6 is 12.2 Å². The molecule has 0 aromatic heterocycles. The predicted molar refractivity (Wildman–Crippen MR) is 79.6 cm³/mol. The van der Waals surface area contributed by atoms with Crippen molar-refractivity contribution in [3.8, 4) is 0 Å². The van der Waals surface area contributed by atoms with E-state index in [1.807, 2.05) is 6.07 Å². The first-order valence-corrected chi connectivity index (χ1v) is 6.74. The monoisotopic (exact) mass is 268 g/mol. The second-order valence-corrected chi connectivity index (χ2v) is 5.02. The lowest BCUT2D eigenvalue weighted by Crippen LogP contribution is -2.28. The van der Waals surface area contributed by atoms with E-state index >= 15 is 0 Å². The summed E-state index contributed by atoms with van der Waals surface area (Å²) < 4.78 is 13.8. The van der Waals surface area contributed by atoms with Crippen LogP contribution in [-0.4, -0.2) is 18.1 Å². The van der Waals surface area contributed by atoms with Crippen molar-refractivity contribution < 1.29 is 4.39 Å². The lowest BCUT2D eigenvalue weighted by Gasteiger charge is -2.26. The fraction of sp³-hybridized carbons (Fsp3) is 0.500. The van der Waals surface area contributed by atoms with Gasteiger partial charge < -0.3 is 10.6 Å². The predicted octanol–water partition coefficient (Wildman–Crippen LogP) is 3.33. The Balaban J connectivity index is 2.94. The van der Waals surface area contributed by atoms with E-state index in [9.17, 15) is 4.39 Å². The average molecular weight is 268 g/mol. The van der Waals surface area contributed by atoms with Crippen molar-refractivity contribution in [1.82, 2.24) is 0 Å². The number of anilines is 1. The summed E-state index contributed by atoms with van der Waals surface area (Å²) in [4.78, 5) is 2.27. The summed E-state index contributed by atoms with van der Waals surface area (Å²) in [5.41, 5.74) is 6.65. The molecule has 1 aromatic rings. The Morgan fingerprint density at radius 1 is 1.44 bits per heavy atom. The summed E-state index contributed by atoms with van der Waals surface area (Å²) in [6.07, 6.45) is 1.12. The van der Waals surface area contributed by atoms with Gasteiger partial charge in [-0.05, 0) is 31.0 Å². The van der Waals surface area contributed by atoms with Crippen LogP contribution in [0.3, 0.4) is 0 Å². The molecule has 18 heavy (non-hydrogen) atoms. The smallest absolute Gasteiger partial charge is 0.135 e. The highest BCUT2D eigenvalue weighted by molar-refractivity contribution is 7.80. The van der Waals surface area contributed by atoms with E-state index in [1.54, 1.807) is 6.07 Å². The van der Waals surface area contributed by atoms with Crippen LogP contribution in [-0.2, 0) is 0 Å². The summed E-state index contributed by atoms with van der Waals surface area (Å²) in [5, 5.41) is 0. The van der Waals surface area contributed by atoms with E-state index in [0.717, 1.165) is 25.2 Å². The molecule has 0 radical (unpaired) electrons. The van der Waals surface area contributed by atoms with Crippen LogP contribution in [0.5, 0.6) is 0 Å². The molecule has 0 aliphatic carbocycles. The average Bonchev–Trinajstić information content (AvgIpc) is 2.34. The second-order valence-electron chi connectivity index (χ2n) is 4.58. The molecule has 1 rings (SSSR count). The molecular formula is C14H21FN2S. The topological polar surface area (TPSA) is 29.3 Å². The molecule has 0 bridgehead atoms. The van der Waals surface area contributed by atoms with Crippen LogP contribution in [0.25, 0.3) is 0 Å². The van der Waals surface area contributed by atoms with Crippen LogP contribution in [0.4, 0.5) is 10.1 Å². The summed E-state index contributed by atoms with van der Waals surface area (Å²) in [6.45, 7) is 8.22. The van der Waals surface area contributed by atoms with Crippen LogP contribution < -0.4 is 10.6 Å². The minimum atomic E-state index is -0.345. The summed E-state index contributed by atoms with van der Waals surface area (Å²) in [6, 6.07) is 5.05. The molecule has 0 amide bonds. The highest BCUT2D eigenvalue weighted by Crippen LogP contribution is 2.20. The van der Waals surface area contributed by atoms with Crippen LogP contribution in [0.15, 0.2) is 18.2 Å². The highest BCUT2D eigenvalue weighted by atomic mass is 32.1. The Labute approximate surface area is 114 Å². The number of hydrogen-bond acceptors (Lipinski definition) is 2. The molecule has 0 saturated heterocycles. The van der Waals surface area contributed by atoms with Crippen LogP contribution in [0.2, 0.25) is 0 Å². The zero-order valence-corrected chi connectivity index (χ0v) is 12.1. The fourth-order valence-corrected chi connectivity index (χ4v) is 1.99. The lowest BCUT2D eigenvalue weighted by molar-refractivity contribution is 0.546. The fourth-order valence-electron chi connectivity index (χ4n) is 1.82. The van der Waals surface area contributed by atoms with Gasteiger partial charge in [-0.1, -0.05) is 32.5 Å². The van der Waals surface area contributed by atoms with Gasteiger partial charge in [0.1, 0.15) is 10.8 Å². The first-order valence-electron chi connectivity index (χ1n) is 6.33. The standard InChI is InChI=1S/C14H21FN2S/c1-4-10(3)9-17(5-2)11-6-7-12(14(16)18)13(15)8-11/h6-8,10H,4-5,9H2,1-3H3,(H2,16,18). The Bertz CT molecular complexity index is 420. The van der Waals surface area contributed by atoms with E-state index in [2.05, 4.69) is 25.7 Å². The van der Waals surface area contributed by atoms with Gasteiger partial charge in [0.05, 0.1) is 0 Å². The largest absolute Gasteiger partial charge is 0.389 e. The van der Waals surface area contributed by atoms with E-state index in [-0.39, 0.29) is 10.8 Å². The number of nitrogens with zero attached hydrogens (tertiary/aromatic N) is 1. The molecular weight excluding hydrogens is 247 g/mol. The van der Waals surface area contributed by atoms with Gasteiger partial charge in [0, 0.05) is 24.3 Å². The SMILES string of the molecule is CCC(C)CN(CC)c1ccc(C(N)=S)c(F)c1. The molecule has 4 heteroatoms. The zero-order valence-electron chi connectivity index (χ0n) is 11.2. The molecule has 0 aliphatic heterocycles. The van der Waals surface area contributed by atoms with Crippen molar-refractivity contribution in [2.24, 2.45) is 11.7 Å². The van der Waals surface area contributed by atoms with Crippen molar-refractivity contribution in [3.05, 3.63) is 29.6 Å². The maximum Gasteiger partial charge on any atom is 0.135 e. The Morgan fingerprint density at radius 2 is 2.11 bits per heavy atom. The summed E-state index contributed by atoms with van der Waals surface area (Å²) in [7, 11) is 0. The van der Waals surface area contributed by atoms with Gasteiger partial charge in [-0.15, -0.1) is 0 Å². The number of benzene rings is 1. The third-order valence-electron chi connectivity index (χ3n) is 3.19. The second kappa shape index (κ2) is 6.69. The van der Waals surface area contributed by atoms with Crippen molar-refractivity contribution in [2.75, 3.05) is 18.0 Å². The van der Waals surface area contributed by atoms with E-state index in [0.29, 0.717) is 11.5 Å². The Morgan fingerprint density at radius 3 is 2.56 bits per heavy atom. The number of hydrogen-bond donors (Lipinski definition) is 1. The molecule has 2 nitrogen and oxygen atoms in total. The first-order chi connectivity index (χ1) is 8.49. The number of thiocarbonyl (C=S) groups is 1. The number of halogens is 1. The molecule has 0 spiro atoms. The van der Waals surface area contributed by atoms with Crippen molar-refractivity contribution in [2.45, 2.75) is 27.2 Å². The maximum absolute atomic E-state index is 13.8. The molecule has 0 heterocycles. The molecule has 2 N–H and O–H groups in total. The molecule has 100 valence electrons. The maximum atomic E-state index is 13.8. The van der Waals surface area contributed by atoms with Crippen molar-refractivity contribution in [1.29, 1.82) is 0 Å². The van der Waals surface area contributed by atoms with Gasteiger partial charge in [-0.2, -0.15) is 0 Å². The molecule has 1 aromatic carbocycles. The van der Waals surface area contributed by atoms with Crippen LogP contribution in [0.1, 0.15) is 32.8 Å². The Kier molecular flexibility index (Phi) is 5.54. The van der Waals surface area contributed by atoms with Crippen LogP contribution in [0, 0.1) is 11.7 Å². The van der Waals surface area contributed by atoms with E-state index in [4.69, 9.17) is 18.0 Å². The van der Waals surface area contributed by atoms with E-state index < -0.39 is 0 Å². The van der Waals surface area contributed by atoms with Gasteiger partial charge >= 0.3 is 0 Å². The molecule has 1 atom stereocenters. The van der Waals surface area contributed by atoms with Gasteiger partial charge in [0.2, 0.25) is 0 Å². The number of nitrogens with two attached hydrogens (primary N) is 1. The summed E-state index contributed by atoms with van der Waals surface area (Å²) >= 11 is 4.80. The molecule has 0 fully saturated rings. The van der Waals surface area contributed by atoms with Gasteiger partial charge in [-0.3, -0.25) is 0 Å². The minimum absolute atomic E-state index is 0.101. The van der Waals surface area contributed by atoms with Gasteiger partial charge in [0.25, 0.3) is 0 Å². The van der Waals surface area contributed by atoms with Crippen molar-refractivity contribution >= 4 is 22.9 Å².